The highest BCUT2D eigenvalue weighted by Gasteiger charge is 2.40. The fraction of sp³-hybridized carbons (Fsp3) is 0.435. The third kappa shape index (κ3) is 6.03. The summed E-state index contributed by atoms with van der Waals surface area (Å²) in [4.78, 5) is 40.4. The Labute approximate surface area is 186 Å². The molecule has 1 aliphatic rings. The van der Waals surface area contributed by atoms with Gasteiger partial charge in [0.15, 0.2) is 0 Å². The molecule has 2 atom stereocenters. The smallest absolute Gasteiger partial charge is 0.309 e. The number of rotatable bonds is 9. The van der Waals surface area contributed by atoms with Crippen molar-refractivity contribution in [2.45, 2.75) is 45.7 Å². The van der Waals surface area contributed by atoms with Gasteiger partial charge in [-0.25, -0.2) is 4.98 Å². The minimum Gasteiger partial charge on any atom is -0.466 e. The summed E-state index contributed by atoms with van der Waals surface area (Å²) < 4.78 is 10.9. The van der Waals surface area contributed by atoms with Gasteiger partial charge in [-0.1, -0.05) is 12.1 Å². The van der Waals surface area contributed by atoms with Crippen LogP contribution in [0.15, 0.2) is 42.6 Å². The molecule has 2 aromatic rings. The molecule has 9 nitrogen and oxygen atoms in total. The highest BCUT2D eigenvalue weighted by molar-refractivity contribution is 5.75. The fourth-order valence-electron chi connectivity index (χ4n) is 3.72. The van der Waals surface area contributed by atoms with Crippen molar-refractivity contribution in [2.24, 2.45) is 5.92 Å². The molecule has 0 aliphatic carbocycles. The number of hydrogen-bond acceptors (Lipinski definition) is 8. The van der Waals surface area contributed by atoms with Crippen LogP contribution in [0.5, 0.6) is 11.6 Å². The average Bonchev–Trinajstić information content (AvgIpc) is 2.78. The van der Waals surface area contributed by atoms with Gasteiger partial charge in [0, 0.05) is 42.3 Å². The van der Waals surface area contributed by atoms with Gasteiger partial charge < -0.3 is 19.2 Å². The van der Waals surface area contributed by atoms with Crippen LogP contribution in [0, 0.1) is 16.0 Å². The molecular formula is C23H27N3O6. The molecule has 0 radical (unpaired) electrons. The van der Waals surface area contributed by atoms with E-state index >= 15 is 0 Å². The molecule has 3 rings (SSSR count). The SMILES string of the molecule is CCOC(=O)C1CCN(c2ccnc(Oc3ccc(CCC(C)=O)cc3)c2)C([N+](=O)[O-])C1. The van der Waals surface area contributed by atoms with E-state index in [4.69, 9.17) is 9.47 Å². The normalized spacial score (nSPS) is 18.1. The summed E-state index contributed by atoms with van der Waals surface area (Å²) in [6, 6.07) is 10.7. The predicted molar refractivity (Wildman–Crippen MR) is 117 cm³/mol. The molecule has 0 N–H and O–H groups in total. The van der Waals surface area contributed by atoms with Crippen LogP contribution >= 0.6 is 0 Å². The molecule has 1 saturated heterocycles. The number of hydrogen-bond donors (Lipinski definition) is 0. The number of esters is 1. The first kappa shape index (κ1) is 23.2. The van der Waals surface area contributed by atoms with Crippen molar-refractivity contribution in [2.75, 3.05) is 18.1 Å². The van der Waals surface area contributed by atoms with Crippen LogP contribution in [0.1, 0.15) is 38.7 Å². The number of pyridine rings is 1. The van der Waals surface area contributed by atoms with Crippen LogP contribution in [0.4, 0.5) is 5.69 Å². The Morgan fingerprint density at radius 2 is 2.00 bits per heavy atom. The molecule has 1 aromatic heterocycles. The molecular weight excluding hydrogens is 414 g/mol. The van der Waals surface area contributed by atoms with Crippen LogP contribution in [-0.2, 0) is 20.7 Å². The average molecular weight is 441 g/mol. The lowest BCUT2D eigenvalue weighted by molar-refractivity contribution is -0.525. The Morgan fingerprint density at radius 3 is 2.66 bits per heavy atom. The van der Waals surface area contributed by atoms with Crippen LogP contribution in [-0.4, -0.2) is 41.0 Å². The second kappa shape index (κ2) is 10.7. The summed E-state index contributed by atoms with van der Waals surface area (Å²) in [5.74, 6) is 0.164. The van der Waals surface area contributed by atoms with Gasteiger partial charge in [0.05, 0.1) is 12.5 Å². The molecule has 0 spiro atoms. The van der Waals surface area contributed by atoms with Gasteiger partial charge >= 0.3 is 5.97 Å². The number of Topliss-reactive ketones (excluding diaryl/α,β-unsaturated/α-hetero) is 1. The number of piperidine rings is 1. The zero-order valence-corrected chi connectivity index (χ0v) is 18.2. The van der Waals surface area contributed by atoms with Gasteiger partial charge in [-0.05, 0) is 50.5 Å². The molecule has 2 unspecified atom stereocenters. The molecule has 170 valence electrons. The highest BCUT2D eigenvalue weighted by Crippen LogP contribution is 2.31. The first-order valence-electron chi connectivity index (χ1n) is 10.7. The molecule has 0 bridgehead atoms. The van der Waals surface area contributed by atoms with Crippen molar-refractivity contribution in [1.82, 2.24) is 4.98 Å². The van der Waals surface area contributed by atoms with Gasteiger partial charge in [0.25, 0.3) is 6.17 Å². The topological polar surface area (TPSA) is 112 Å². The number of aryl methyl sites for hydroxylation is 1. The molecule has 9 heteroatoms. The molecule has 1 fully saturated rings. The van der Waals surface area contributed by atoms with E-state index in [9.17, 15) is 19.7 Å². The minimum atomic E-state index is -1.03. The number of aromatic nitrogens is 1. The number of nitrogens with zero attached hydrogens (tertiary/aromatic N) is 3. The standard InChI is InChI=1S/C23H27N3O6/c1-3-31-23(28)18-11-13-25(22(14-18)26(29)30)19-10-12-24-21(15-19)32-20-8-6-17(7-9-20)5-4-16(2)27/h6-10,12,15,18,22H,3-5,11,13-14H2,1-2H3. The van der Waals surface area contributed by atoms with Crippen molar-refractivity contribution in [3.8, 4) is 11.6 Å². The number of ketones is 1. The van der Waals surface area contributed by atoms with E-state index in [1.807, 2.05) is 12.1 Å². The second-order valence-electron chi connectivity index (χ2n) is 7.73. The van der Waals surface area contributed by atoms with E-state index in [0.717, 1.165) is 5.56 Å². The third-order valence-electron chi connectivity index (χ3n) is 5.40. The molecule has 32 heavy (non-hydrogen) atoms. The Hall–Kier alpha value is -3.49. The maximum Gasteiger partial charge on any atom is 0.309 e. The van der Waals surface area contributed by atoms with Crippen molar-refractivity contribution < 1.29 is 24.0 Å². The summed E-state index contributed by atoms with van der Waals surface area (Å²) in [6.07, 6.45) is 2.24. The largest absolute Gasteiger partial charge is 0.466 e. The molecule has 1 aromatic carbocycles. The number of anilines is 1. The summed E-state index contributed by atoms with van der Waals surface area (Å²) in [6.45, 7) is 3.89. The number of benzene rings is 1. The minimum absolute atomic E-state index is 0.0894. The first-order chi connectivity index (χ1) is 15.4. The van der Waals surface area contributed by atoms with E-state index in [2.05, 4.69) is 4.98 Å². The van der Waals surface area contributed by atoms with E-state index in [-0.39, 0.29) is 29.7 Å². The van der Waals surface area contributed by atoms with Gasteiger partial charge in [0.1, 0.15) is 11.5 Å². The lowest BCUT2D eigenvalue weighted by Crippen LogP contribution is -2.48. The number of nitro groups is 1. The van der Waals surface area contributed by atoms with Crippen LogP contribution in [0.2, 0.25) is 0 Å². The number of ether oxygens (including phenoxy) is 2. The van der Waals surface area contributed by atoms with E-state index in [0.29, 0.717) is 43.1 Å². The van der Waals surface area contributed by atoms with Crippen LogP contribution < -0.4 is 9.64 Å². The summed E-state index contributed by atoms with van der Waals surface area (Å²) in [7, 11) is 0. The first-order valence-corrected chi connectivity index (χ1v) is 10.7. The van der Waals surface area contributed by atoms with Crippen LogP contribution in [0.3, 0.4) is 0 Å². The van der Waals surface area contributed by atoms with Gasteiger partial charge in [-0.3, -0.25) is 14.9 Å². The lowest BCUT2D eigenvalue weighted by atomic mass is 9.94. The monoisotopic (exact) mass is 441 g/mol. The highest BCUT2D eigenvalue weighted by atomic mass is 16.6. The summed E-state index contributed by atoms with van der Waals surface area (Å²) >= 11 is 0. The van der Waals surface area contributed by atoms with Gasteiger partial charge in [0.2, 0.25) is 5.88 Å². The molecule has 0 saturated carbocycles. The van der Waals surface area contributed by atoms with Gasteiger partial charge in [-0.15, -0.1) is 0 Å². The maximum atomic E-state index is 12.1. The lowest BCUT2D eigenvalue weighted by Gasteiger charge is -2.34. The van der Waals surface area contributed by atoms with E-state index in [1.165, 1.54) is 0 Å². The Kier molecular flexibility index (Phi) is 7.75. The van der Waals surface area contributed by atoms with E-state index in [1.54, 1.807) is 49.2 Å². The third-order valence-corrected chi connectivity index (χ3v) is 5.40. The second-order valence-corrected chi connectivity index (χ2v) is 7.73. The van der Waals surface area contributed by atoms with Crippen molar-refractivity contribution in [1.29, 1.82) is 0 Å². The molecule has 0 amide bonds. The summed E-state index contributed by atoms with van der Waals surface area (Å²) in [5, 5.41) is 11.7. The fourth-order valence-corrected chi connectivity index (χ4v) is 3.72. The Morgan fingerprint density at radius 1 is 1.25 bits per heavy atom. The number of carbonyl (C=O) groups excluding carboxylic acids is 2. The predicted octanol–water partition coefficient (Wildman–Crippen LogP) is 3.78. The Balaban J connectivity index is 1.70. The van der Waals surface area contributed by atoms with Gasteiger partial charge in [-0.2, -0.15) is 0 Å². The van der Waals surface area contributed by atoms with E-state index < -0.39 is 12.1 Å². The Bertz CT molecular complexity index is 962. The zero-order valence-electron chi connectivity index (χ0n) is 18.2. The van der Waals surface area contributed by atoms with Crippen LogP contribution in [0.25, 0.3) is 0 Å². The number of carbonyl (C=O) groups is 2. The maximum absolute atomic E-state index is 12.1. The van der Waals surface area contributed by atoms with Crippen molar-refractivity contribution in [3.05, 3.63) is 58.3 Å². The van der Waals surface area contributed by atoms with Crippen molar-refractivity contribution in [3.63, 3.8) is 0 Å². The molecule has 1 aliphatic heterocycles. The summed E-state index contributed by atoms with van der Waals surface area (Å²) in [5.41, 5.74) is 1.64. The zero-order chi connectivity index (χ0) is 23.1. The van der Waals surface area contributed by atoms with Crippen molar-refractivity contribution >= 4 is 17.4 Å². The molecule has 2 heterocycles. The quantitative estimate of drug-likeness (QED) is 0.328.